The highest BCUT2D eigenvalue weighted by atomic mass is 32.2. The van der Waals surface area contributed by atoms with Gasteiger partial charge < -0.3 is 10.1 Å². The van der Waals surface area contributed by atoms with Crippen molar-refractivity contribution >= 4 is 15.9 Å². The van der Waals surface area contributed by atoms with Crippen LogP contribution >= 0.6 is 0 Å². The Balaban J connectivity index is 2.24. The van der Waals surface area contributed by atoms with Gasteiger partial charge in [0.15, 0.2) is 0 Å². The number of carbonyl (C=O) groups is 1. The molecule has 1 aromatic carbocycles. The minimum absolute atomic E-state index is 0.0821. The summed E-state index contributed by atoms with van der Waals surface area (Å²) in [5, 5.41) is 2.81. The molecular formula is C16H26N2O4S. The van der Waals surface area contributed by atoms with E-state index in [1.54, 1.807) is 7.11 Å². The maximum absolute atomic E-state index is 11.8. The number of rotatable bonds is 10. The van der Waals surface area contributed by atoms with Gasteiger partial charge in [0.25, 0.3) is 0 Å². The van der Waals surface area contributed by atoms with E-state index in [4.69, 9.17) is 4.74 Å². The average Bonchev–Trinajstić information content (AvgIpc) is 2.48. The van der Waals surface area contributed by atoms with E-state index < -0.39 is 10.0 Å². The van der Waals surface area contributed by atoms with E-state index >= 15 is 0 Å². The molecule has 0 saturated carbocycles. The van der Waals surface area contributed by atoms with Gasteiger partial charge in [0, 0.05) is 19.5 Å². The monoisotopic (exact) mass is 342 g/mol. The summed E-state index contributed by atoms with van der Waals surface area (Å²) in [4.78, 5) is 11.8. The van der Waals surface area contributed by atoms with Crippen LogP contribution in [0.4, 0.5) is 0 Å². The molecule has 0 radical (unpaired) electrons. The van der Waals surface area contributed by atoms with Gasteiger partial charge in [0.2, 0.25) is 15.9 Å². The van der Waals surface area contributed by atoms with Gasteiger partial charge in [-0.2, -0.15) is 0 Å². The van der Waals surface area contributed by atoms with Crippen LogP contribution in [0.3, 0.4) is 0 Å². The predicted octanol–water partition coefficient (Wildman–Crippen LogP) is 1.67. The standard InChI is InChI=1S/C16H26N2O4S/c1-13(2)12-23(20,21)18-9-5-8-16(19)17-11-14-6-4-7-15(10-14)22-3/h4,6-7,10,13,18H,5,8-9,11-12H2,1-3H3,(H,17,19). The summed E-state index contributed by atoms with van der Waals surface area (Å²) >= 11 is 0. The van der Waals surface area contributed by atoms with Gasteiger partial charge in [-0.1, -0.05) is 26.0 Å². The number of methoxy groups -OCH3 is 1. The van der Waals surface area contributed by atoms with Crippen LogP contribution in [-0.4, -0.2) is 33.7 Å². The molecule has 0 saturated heterocycles. The van der Waals surface area contributed by atoms with Gasteiger partial charge in [-0.25, -0.2) is 13.1 Å². The smallest absolute Gasteiger partial charge is 0.220 e. The molecule has 1 aromatic rings. The first-order valence-corrected chi connectivity index (χ1v) is 9.34. The van der Waals surface area contributed by atoms with Crippen LogP contribution in [0.2, 0.25) is 0 Å². The van der Waals surface area contributed by atoms with Crippen molar-refractivity contribution in [1.29, 1.82) is 0 Å². The first kappa shape index (κ1) is 19.4. The Morgan fingerprint density at radius 1 is 1.30 bits per heavy atom. The maximum Gasteiger partial charge on any atom is 0.220 e. The number of carbonyl (C=O) groups excluding carboxylic acids is 1. The van der Waals surface area contributed by atoms with Gasteiger partial charge in [0.1, 0.15) is 5.75 Å². The number of nitrogens with one attached hydrogen (secondary N) is 2. The van der Waals surface area contributed by atoms with E-state index in [0.29, 0.717) is 13.0 Å². The van der Waals surface area contributed by atoms with Crippen molar-refractivity contribution in [3.8, 4) is 5.75 Å². The summed E-state index contributed by atoms with van der Waals surface area (Å²) in [6.07, 6.45) is 0.759. The molecule has 0 aliphatic heterocycles. The molecule has 0 aliphatic rings. The number of benzene rings is 1. The lowest BCUT2D eigenvalue weighted by atomic mass is 10.2. The fourth-order valence-electron chi connectivity index (χ4n) is 2.05. The van der Waals surface area contributed by atoms with Gasteiger partial charge in [-0.05, 0) is 30.0 Å². The molecule has 0 aliphatic carbocycles. The number of hydrogen-bond acceptors (Lipinski definition) is 4. The number of ether oxygens (including phenoxy) is 1. The topological polar surface area (TPSA) is 84.5 Å². The van der Waals surface area contributed by atoms with Crippen molar-refractivity contribution in [3.05, 3.63) is 29.8 Å². The molecule has 0 aromatic heterocycles. The van der Waals surface area contributed by atoms with E-state index in [1.165, 1.54) is 0 Å². The van der Waals surface area contributed by atoms with E-state index in [1.807, 2.05) is 38.1 Å². The largest absolute Gasteiger partial charge is 0.497 e. The third-order valence-electron chi connectivity index (χ3n) is 3.08. The zero-order valence-electron chi connectivity index (χ0n) is 14.0. The van der Waals surface area contributed by atoms with Gasteiger partial charge in [0.05, 0.1) is 12.9 Å². The Bertz CT molecular complexity index is 600. The van der Waals surface area contributed by atoms with Gasteiger partial charge in [-0.15, -0.1) is 0 Å². The van der Waals surface area contributed by atoms with E-state index in [-0.39, 0.29) is 30.5 Å². The highest BCUT2D eigenvalue weighted by Crippen LogP contribution is 2.12. The Labute approximate surface area is 138 Å². The molecule has 0 unspecified atom stereocenters. The number of hydrogen-bond donors (Lipinski definition) is 2. The second kappa shape index (κ2) is 9.52. The molecule has 1 amide bonds. The minimum Gasteiger partial charge on any atom is -0.497 e. The molecule has 2 N–H and O–H groups in total. The summed E-state index contributed by atoms with van der Waals surface area (Å²) in [6, 6.07) is 7.47. The average molecular weight is 342 g/mol. The zero-order valence-corrected chi connectivity index (χ0v) is 14.8. The summed E-state index contributed by atoms with van der Waals surface area (Å²) in [5.41, 5.74) is 0.954. The van der Waals surface area contributed by atoms with Crippen LogP contribution in [0, 0.1) is 5.92 Å². The third-order valence-corrected chi connectivity index (χ3v) is 4.83. The zero-order chi connectivity index (χ0) is 17.3. The number of sulfonamides is 1. The first-order chi connectivity index (χ1) is 10.8. The second-order valence-electron chi connectivity index (χ2n) is 5.80. The molecule has 0 spiro atoms. The van der Waals surface area contributed by atoms with E-state index in [9.17, 15) is 13.2 Å². The molecule has 1 rings (SSSR count). The molecule has 6 nitrogen and oxygen atoms in total. The Kier molecular flexibility index (Phi) is 8.05. The SMILES string of the molecule is COc1cccc(CNC(=O)CCCNS(=O)(=O)CC(C)C)c1. The van der Waals surface area contributed by atoms with Crippen LogP contribution in [0.15, 0.2) is 24.3 Å². The Morgan fingerprint density at radius 2 is 2.04 bits per heavy atom. The quantitative estimate of drug-likeness (QED) is 0.634. The highest BCUT2D eigenvalue weighted by Gasteiger charge is 2.12. The van der Waals surface area contributed by atoms with E-state index in [2.05, 4.69) is 10.0 Å². The van der Waals surface area contributed by atoms with Crippen molar-refractivity contribution < 1.29 is 17.9 Å². The Hall–Kier alpha value is -1.60. The van der Waals surface area contributed by atoms with Crippen LogP contribution in [0.1, 0.15) is 32.3 Å². The van der Waals surface area contributed by atoms with Crippen molar-refractivity contribution in [2.45, 2.75) is 33.2 Å². The van der Waals surface area contributed by atoms with Gasteiger partial charge >= 0.3 is 0 Å². The number of amides is 1. The van der Waals surface area contributed by atoms with E-state index in [0.717, 1.165) is 11.3 Å². The maximum atomic E-state index is 11.8. The van der Waals surface area contributed by atoms with Crippen molar-refractivity contribution in [1.82, 2.24) is 10.0 Å². The van der Waals surface area contributed by atoms with Gasteiger partial charge in [-0.3, -0.25) is 4.79 Å². The molecule has 0 bridgehead atoms. The molecule has 130 valence electrons. The summed E-state index contributed by atoms with van der Waals surface area (Å²) in [6.45, 7) is 4.41. The van der Waals surface area contributed by atoms with Crippen molar-refractivity contribution in [3.63, 3.8) is 0 Å². The summed E-state index contributed by atoms with van der Waals surface area (Å²) in [5.74, 6) is 0.834. The molecule has 0 heterocycles. The fourth-order valence-corrected chi connectivity index (χ4v) is 3.50. The molecule has 7 heteroatoms. The third kappa shape index (κ3) is 8.56. The normalized spacial score (nSPS) is 11.5. The molecule has 0 fully saturated rings. The lowest BCUT2D eigenvalue weighted by Crippen LogP contribution is -2.30. The Morgan fingerprint density at radius 3 is 2.70 bits per heavy atom. The summed E-state index contributed by atoms with van der Waals surface area (Å²) in [7, 11) is -1.64. The van der Waals surface area contributed by atoms with Crippen LogP contribution in [0.25, 0.3) is 0 Å². The highest BCUT2D eigenvalue weighted by molar-refractivity contribution is 7.89. The lowest BCUT2D eigenvalue weighted by Gasteiger charge is -2.09. The van der Waals surface area contributed by atoms with Crippen LogP contribution in [0.5, 0.6) is 5.75 Å². The molecular weight excluding hydrogens is 316 g/mol. The predicted molar refractivity (Wildman–Crippen MR) is 90.7 cm³/mol. The van der Waals surface area contributed by atoms with Crippen LogP contribution < -0.4 is 14.8 Å². The van der Waals surface area contributed by atoms with Crippen molar-refractivity contribution in [2.75, 3.05) is 19.4 Å². The minimum atomic E-state index is -3.24. The molecule has 0 atom stereocenters. The fraction of sp³-hybridized carbons (Fsp3) is 0.562. The molecule has 23 heavy (non-hydrogen) atoms. The van der Waals surface area contributed by atoms with Crippen LogP contribution in [-0.2, 0) is 21.4 Å². The summed E-state index contributed by atoms with van der Waals surface area (Å²) < 4.78 is 30.9. The van der Waals surface area contributed by atoms with Crippen molar-refractivity contribution in [2.24, 2.45) is 5.92 Å². The lowest BCUT2D eigenvalue weighted by molar-refractivity contribution is -0.121. The first-order valence-electron chi connectivity index (χ1n) is 7.69. The second-order valence-corrected chi connectivity index (χ2v) is 7.65.